The van der Waals surface area contributed by atoms with Crippen LogP contribution in [-0.4, -0.2) is 54.1 Å². The van der Waals surface area contributed by atoms with Crippen LogP contribution in [0.3, 0.4) is 0 Å². The molecular formula is C25H30N2O3S. The van der Waals surface area contributed by atoms with Gasteiger partial charge >= 0.3 is 0 Å². The molecule has 0 radical (unpaired) electrons. The molecule has 0 aliphatic carbocycles. The fourth-order valence-electron chi connectivity index (χ4n) is 4.58. The Hall–Kier alpha value is -2.47. The second kappa shape index (κ2) is 9.77. The topological polar surface area (TPSA) is 49.9 Å². The van der Waals surface area contributed by atoms with Crippen LogP contribution in [0.15, 0.2) is 59.5 Å². The fraction of sp³-hybridized carbons (Fsp3) is 0.440. The van der Waals surface area contributed by atoms with Crippen molar-refractivity contribution in [2.24, 2.45) is 5.41 Å². The second-order valence-electron chi connectivity index (χ2n) is 8.40. The van der Waals surface area contributed by atoms with Gasteiger partial charge in [0.25, 0.3) is 0 Å². The Labute approximate surface area is 188 Å². The Balaban J connectivity index is 1.23. The Bertz CT molecular complexity index is 893. The first-order valence-corrected chi connectivity index (χ1v) is 12.0. The van der Waals surface area contributed by atoms with Gasteiger partial charge in [0, 0.05) is 43.2 Å². The maximum atomic E-state index is 13.1. The van der Waals surface area contributed by atoms with Crippen molar-refractivity contribution in [2.75, 3.05) is 32.5 Å². The molecule has 2 aromatic rings. The molecule has 4 rings (SSSR count). The number of thioether (sulfide) groups is 1. The van der Waals surface area contributed by atoms with Gasteiger partial charge in [-0.05, 0) is 49.1 Å². The van der Waals surface area contributed by atoms with Crippen molar-refractivity contribution in [1.82, 2.24) is 9.80 Å². The molecule has 2 heterocycles. The van der Waals surface area contributed by atoms with Gasteiger partial charge in [0.1, 0.15) is 5.75 Å². The largest absolute Gasteiger partial charge is 0.497 e. The Kier molecular flexibility index (Phi) is 6.86. The molecule has 2 aliphatic heterocycles. The lowest BCUT2D eigenvalue weighted by molar-refractivity contribution is -0.142. The predicted molar refractivity (Wildman–Crippen MR) is 123 cm³/mol. The third-order valence-corrected chi connectivity index (χ3v) is 7.55. The zero-order valence-electron chi connectivity index (χ0n) is 18.1. The average molecular weight is 439 g/mol. The quantitative estimate of drug-likeness (QED) is 0.608. The molecule has 2 aromatic carbocycles. The molecular weight excluding hydrogens is 408 g/mol. The van der Waals surface area contributed by atoms with Crippen molar-refractivity contribution >= 4 is 23.6 Å². The van der Waals surface area contributed by atoms with Crippen molar-refractivity contribution in [3.63, 3.8) is 0 Å². The van der Waals surface area contributed by atoms with Gasteiger partial charge in [-0.3, -0.25) is 9.59 Å². The van der Waals surface area contributed by atoms with Crippen molar-refractivity contribution in [3.8, 4) is 5.75 Å². The molecule has 0 bridgehead atoms. The van der Waals surface area contributed by atoms with E-state index in [1.54, 1.807) is 18.9 Å². The maximum absolute atomic E-state index is 13.1. The zero-order chi connectivity index (χ0) is 21.7. The van der Waals surface area contributed by atoms with E-state index in [4.69, 9.17) is 4.74 Å². The molecule has 31 heavy (non-hydrogen) atoms. The van der Waals surface area contributed by atoms with Gasteiger partial charge in [-0.15, -0.1) is 11.8 Å². The van der Waals surface area contributed by atoms with Crippen LogP contribution in [0.4, 0.5) is 0 Å². The predicted octanol–water partition coefficient (Wildman–Crippen LogP) is 4.22. The lowest BCUT2D eigenvalue weighted by Crippen LogP contribution is -2.46. The van der Waals surface area contributed by atoms with E-state index in [1.165, 1.54) is 5.56 Å². The number of methoxy groups -OCH3 is 1. The SMILES string of the molecule is COc1ccc(SCCC(=O)N2CCC3(CC2)CCN(Cc2ccccc2)C3=O)cc1. The molecule has 5 nitrogen and oxygen atoms in total. The van der Waals surface area contributed by atoms with E-state index < -0.39 is 0 Å². The van der Waals surface area contributed by atoms with Crippen LogP contribution in [0.2, 0.25) is 0 Å². The van der Waals surface area contributed by atoms with E-state index in [-0.39, 0.29) is 17.2 Å². The van der Waals surface area contributed by atoms with Gasteiger partial charge in [0.05, 0.1) is 12.5 Å². The van der Waals surface area contributed by atoms with Crippen LogP contribution in [-0.2, 0) is 16.1 Å². The molecule has 0 unspecified atom stereocenters. The van der Waals surface area contributed by atoms with Crippen molar-refractivity contribution < 1.29 is 14.3 Å². The summed E-state index contributed by atoms with van der Waals surface area (Å²) < 4.78 is 5.18. The number of ether oxygens (including phenoxy) is 1. The minimum atomic E-state index is -0.261. The molecule has 2 saturated heterocycles. The van der Waals surface area contributed by atoms with E-state index >= 15 is 0 Å². The van der Waals surface area contributed by atoms with Crippen molar-refractivity contribution in [1.29, 1.82) is 0 Å². The first kappa shape index (κ1) is 21.8. The summed E-state index contributed by atoms with van der Waals surface area (Å²) in [6.45, 7) is 2.89. The number of hydrogen-bond donors (Lipinski definition) is 0. The van der Waals surface area contributed by atoms with Gasteiger partial charge in [0.2, 0.25) is 11.8 Å². The van der Waals surface area contributed by atoms with Crippen molar-refractivity contribution in [3.05, 3.63) is 60.2 Å². The molecule has 2 fully saturated rings. The lowest BCUT2D eigenvalue weighted by Gasteiger charge is -2.38. The van der Waals surface area contributed by atoms with Gasteiger partial charge in [0.15, 0.2) is 0 Å². The first-order chi connectivity index (χ1) is 15.1. The summed E-state index contributed by atoms with van der Waals surface area (Å²) in [6, 6.07) is 18.1. The standard InChI is InChI=1S/C25H30N2O3S/c1-30-21-7-9-22(10-8-21)31-18-11-23(28)26-15-12-25(13-16-26)14-17-27(24(25)29)19-20-5-3-2-4-6-20/h2-10H,11-19H2,1H3. The third-order valence-electron chi connectivity index (χ3n) is 6.53. The minimum Gasteiger partial charge on any atom is -0.497 e. The van der Waals surface area contributed by atoms with E-state index in [1.807, 2.05) is 52.3 Å². The molecule has 6 heteroatoms. The van der Waals surface area contributed by atoms with Gasteiger partial charge in [-0.25, -0.2) is 0 Å². The number of likely N-dealkylation sites (tertiary alicyclic amines) is 2. The Morgan fingerprint density at radius 2 is 1.68 bits per heavy atom. The lowest BCUT2D eigenvalue weighted by atomic mass is 9.77. The Morgan fingerprint density at radius 1 is 1.00 bits per heavy atom. The van der Waals surface area contributed by atoms with Gasteiger partial charge in [-0.2, -0.15) is 0 Å². The second-order valence-corrected chi connectivity index (χ2v) is 9.57. The Morgan fingerprint density at radius 3 is 2.35 bits per heavy atom. The van der Waals surface area contributed by atoms with Crippen LogP contribution in [0.25, 0.3) is 0 Å². The zero-order valence-corrected chi connectivity index (χ0v) is 18.9. The molecule has 2 aliphatic rings. The summed E-state index contributed by atoms with van der Waals surface area (Å²) in [5.41, 5.74) is 0.915. The number of amides is 2. The number of piperidine rings is 1. The molecule has 0 aromatic heterocycles. The van der Waals surface area contributed by atoms with Crippen LogP contribution < -0.4 is 4.74 Å². The van der Waals surface area contributed by atoms with Crippen LogP contribution in [0.5, 0.6) is 5.75 Å². The number of benzene rings is 2. The summed E-state index contributed by atoms with van der Waals surface area (Å²) >= 11 is 1.69. The average Bonchev–Trinajstić information content (AvgIpc) is 3.10. The highest BCUT2D eigenvalue weighted by Gasteiger charge is 2.48. The summed E-state index contributed by atoms with van der Waals surface area (Å²) in [7, 11) is 1.66. The van der Waals surface area contributed by atoms with E-state index in [2.05, 4.69) is 12.1 Å². The highest BCUT2D eigenvalue weighted by atomic mass is 32.2. The molecule has 1 spiro atoms. The monoisotopic (exact) mass is 438 g/mol. The smallest absolute Gasteiger partial charge is 0.229 e. The van der Waals surface area contributed by atoms with E-state index in [0.29, 0.717) is 26.1 Å². The van der Waals surface area contributed by atoms with Gasteiger partial charge < -0.3 is 14.5 Å². The number of nitrogens with zero attached hydrogens (tertiary/aromatic N) is 2. The molecule has 164 valence electrons. The highest BCUT2D eigenvalue weighted by Crippen LogP contribution is 2.42. The van der Waals surface area contributed by atoms with Gasteiger partial charge in [-0.1, -0.05) is 30.3 Å². The summed E-state index contributed by atoms with van der Waals surface area (Å²) in [6.07, 6.45) is 3.01. The van der Waals surface area contributed by atoms with Crippen LogP contribution in [0, 0.1) is 5.41 Å². The summed E-state index contributed by atoms with van der Waals surface area (Å²) in [5.74, 6) is 2.07. The van der Waals surface area contributed by atoms with Crippen LogP contribution >= 0.6 is 11.8 Å². The van der Waals surface area contributed by atoms with E-state index in [0.717, 1.165) is 42.2 Å². The molecule has 2 amide bonds. The maximum Gasteiger partial charge on any atom is 0.229 e. The fourth-order valence-corrected chi connectivity index (χ4v) is 5.42. The minimum absolute atomic E-state index is 0.197. The molecule has 0 saturated carbocycles. The summed E-state index contributed by atoms with van der Waals surface area (Å²) in [4.78, 5) is 30.9. The van der Waals surface area contributed by atoms with Crippen molar-refractivity contribution in [2.45, 2.75) is 37.1 Å². The van der Waals surface area contributed by atoms with Crippen LogP contribution in [0.1, 0.15) is 31.2 Å². The molecule has 0 N–H and O–H groups in total. The highest BCUT2D eigenvalue weighted by molar-refractivity contribution is 7.99. The number of carbonyl (C=O) groups is 2. The normalized spacial score (nSPS) is 17.9. The number of carbonyl (C=O) groups excluding carboxylic acids is 2. The summed E-state index contributed by atoms with van der Waals surface area (Å²) in [5, 5.41) is 0. The first-order valence-electron chi connectivity index (χ1n) is 11.0. The third kappa shape index (κ3) is 5.06. The number of rotatable bonds is 7. The molecule has 0 atom stereocenters. The number of hydrogen-bond acceptors (Lipinski definition) is 4. The van der Waals surface area contributed by atoms with E-state index in [9.17, 15) is 9.59 Å².